The number of benzene rings is 1. The number of H-pyrrole nitrogens is 1. The van der Waals surface area contributed by atoms with Gasteiger partial charge < -0.3 is 10.3 Å². The fraction of sp³-hybridized carbons (Fsp3) is 0.273. The van der Waals surface area contributed by atoms with E-state index in [-0.39, 0.29) is 0 Å². The van der Waals surface area contributed by atoms with Crippen molar-refractivity contribution in [2.45, 2.75) is 12.5 Å². The van der Waals surface area contributed by atoms with Crippen LogP contribution >= 0.6 is 0 Å². The fourth-order valence-corrected chi connectivity index (χ4v) is 1.68. The van der Waals surface area contributed by atoms with Gasteiger partial charge in [0.15, 0.2) is 5.82 Å². The van der Waals surface area contributed by atoms with Gasteiger partial charge in [0.1, 0.15) is 5.82 Å². The van der Waals surface area contributed by atoms with Gasteiger partial charge in [-0.3, -0.25) is 0 Å². The molecule has 2 heterocycles. The third-order valence-corrected chi connectivity index (χ3v) is 2.71. The van der Waals surface area contributed by atoms with Crippen LogP contribution in [0.15, 0.2) is 30.3 Å². The van der Waals surface area contributed by atoms with Gasteiger partial charge in [0.05, 0.1) is 6.04 Å². The third kappa shape index (κ3) is 1.53. The Hall–Kier alpha value is -1.68. The molecule has 1 unspecified atom stereocenters. The summed E-state index contributed by atoms with van der Waals surface area (Å²) in [5.74, 6) is 1.79. The minimum absolute atomic E-state index is 0.370. The maximum Gasteiger partial charge on any atom is 0.161 e. The summed E-state index contributed by atoms with van der Waals surface area (Å²) in [5.41, 5.74) is 1.08. The molecule has 1 aromatic carbocycles. The Kier molecular flexibility index (Phi) is 1.99. The number of hydrogen-bond donors (Lipinski definition) is 2. The molecule has 2 aromatic rings. The third-order valence-electron chi connectivity index (χ3n) is 2.71. The minimum atomic E-state index is 0.370. The summed E-state index contributed by atoms with van der Waals surface area (Å²) in [6, 6.07) is 10.4. The first kappa shape index (κ1) is 8.61. The highest BCUT2D eigenvalue weighted by Gasteiger charge is 2.22. The summed E-state index contributed by atoms with van der Waals surface area (Å²) >= 11 is 0. The average molecular weight is 200 g/mol. The van der Waals surface area contributed by atoms with E-state index in [0.717, 1.165) is 30.2 Å². The maximum absolute atomic E-state index is 4.15. The second-order valence-electron chi connectivity index (χ2n) is 3.72. The first-order chi connectivity index (χ1) is 7.43. The van der Waals surface area contributed by atoms with Crippen LogP contribution in [0, 0.1) is 0 Å². The van der Waals surface area contributed by atoms with Crippen molar-refractivity contribution in [1.29, 1.82) is 0 Å². The molecule has 1 aliphatic rings. The van der Waals surface area contributed by atoms with Gasteiger partial charge in [0.25, 0.3) is 0 Å². The molecule has 1 aliphatic heterocycles. The maximum atomic E-state index is 4.15. The highest BCUT2D eigenvalue weighted by atomic mass is 15.2. The summed E-state index contributed by atoms with van der Waals surface area (Å²) < 4.78 is 0. The van der Waals surface area contributed by atoms with Gasteiger partial charge >= 0.3 is 0 Å². The van der Waals surface area contributed by atoms with Crippen molar-refractivity contribution in [3.8, 4) is 11.4 Å². The van der Waals surface area contributed by atoms with E-state index in [1.165, 1.54) is 0 Å². The van der Waals surface area contributed by atoms with Gasteiger partial charge in [0, 0.05) is 5.56 Å². The van der Waals surface area contributed by atoms with Crippen molar-refractivity contribution in [3.05, 3.63) is 36.2 Å². The van der Waals surface area contributed by atoms with Crippen LogP contribution in [0.2, 0.25) is 0 Å². The van der Waals surface area contributed by atoms with E-state index in [0.29, 0.717) is 6.04 Å². The second-order valence-corrected chi connectivity index (χ2v) is 3.72. The molecule has 0 saturated carbocycles. The molecule has 76 valence electrons. The molecule has 0 amide bonds. The zero-order chi connectivity index (χ0) is 10.1. The fourth-order valence-electron chi connectivity index (χ4n) is 1.68. The Labute approximate surface area is 87.7 Å². The van der Waals surface area contributed by atoms with E-state index in [1.807, 2.05) is 30.3 Å². The summed E-state index contributed by atoms with van der Waals surface area (Å²) in [7, 11) is 0. The molecule has 1 atom stereocenters. The van der Waals surface area contributed by atoms with Crippen molar-refractivity contribution >= 4 is 0 Å². The van der Waals surface area contributed by atoms with E-state index >= 15 is 0 Å². The first-order valence-corrected chi connectivity index (χ1v) is 5.15. The Balaban J connectivity index is 1.90. The summed E-state index contributed by atoms with van der Waals surface area (Å²) in [5, 5.41) is 11.6. The lowest BCUT2D eigenvalue weighted by Crippen LogP contribution is -2.35. The van der Waals surface area contributed by atoms with Crippen molar-refractivity contribution in [3.63, 3.8) is 0 Å². The molecule has 1 fully saturated rings. The molecular formula is C11H12N4. The number of nitrogens with zero attached hydrogens (tertiary/aromatic N) is 2. The number of aromatic nitrogens is 3. The molecule has 0 radical (unpaired) electrons. The molecule has 0 bridgehead atoms. The van der Waals surface area contributed by atoms with Crippen LogP contribution in [0.25, 0.3) is 11.4 Å². The zero-order valence-electron chi connectivity index (χ0n) is 8.27. The predicted molar refractivity (Wildman–Crippen MR) is 57.2 cm³/mol. The van der Waals surface area contributed by atoms with Gasteiger partial charge in [-0.05, 0) is 13.0 Å². The number of hydrogen-bond acceptors (Lipinski definition) is 3. The molecule has 0 spiro atoms. The van der Waals surface area contributed by atoms with Gasteiger partial charge in [-0.25, -0.2) is 0 Å². The van der Waals surface area contributed by atoms with Crippen LogP contribution in [0.5, 0.6) is 0 Å². The van der Waals surface area contributed by atoms with Gasteiger partial charge in [-0.15, -0.1) is 10.2 Å². The molecule has 1 saturated heterocycles. The van der Waals surface area contributed by atoms with Crippen LogP contribution in [-0.2, 0) is 0 Å². The van der Waals surface area contributed by atoms with Crippen LogP contribution in [-0.4, -0.2) is 21.7 Å². The second kappa shape index (κ2) is 3.47. The summed E-state index contributed by atoms with van der Waals surface area (Å²) in [6.45, 7) is 1.08. The quantitative estimate of drug-likeness (QED) is 0.772. The highest BCUT2D eigenvalue weighted by Crippen LogP contribution is 2.21. The van der Waals surface area contributed by atoms with Crippen LogP contribution in [0.3, 0.4) is 0 Å². The standard InChI is InChI=1S/C11H12N4/c1-2-4-8(5-3-1)10-13-11(15-14-10)9-6-7-12-9/h1-5,9,12H,6-7H2,(H,13,14,15). The lowest BCUT2D eigenvalue weighted by Gasteiger charge is -2.24. The number of nitrogens with one attached hydrogen (secondary N) is 2. The van der Waals surface area contributed by atoms with Gasteiger partial charge in [0.2, 0.25) is 0 Å². The number of aromatic amines is 1. The molecule has 2 N–H and O–H groups in total. The van der Waals surface area contributed by atoms with Crippen LogP contribution in [0.1, 0.15) is 18.3 Å². The smallest absolute Gasteiger partial charge is 0.161 e. The lowest BCUT2D eigenvalue weighted by atomic mass is 10.1. The van der Waals surface area contributed by atoms with Crippen molar-refractivity contribution in [2.75, 3.05) is 6.54 Å². The molecule has 0 aliphatic carbocycles. The Bertz CT molecular complexity index is 445. The van der Waals surface area contributed by atoms with Crippen molar-refractivity contribution in [2.24, 2.45) is 0 Å². The molecule has 15 heavy (non-hydrogen) atoms. The number of rotatable bonds is 2. The Morgan fingerprint density at radius 2 is 1.93 bits per heavy atom. The van der Waals surface area contributed by atoms with E-state index in [2.05, 4.69) is 20.5 Å². The van der Waals surface area contributed by atoms with E-state index in [4.69, 9.17) is 0 Å². The molecule has 3 rings (SSSR count). The topological polar surface area (TPSA) is 53.6 Å². The molecule has 4 nitrogen and oxygen atoms in total. The normalized spacial score (nSPS) is 19.9. The Morgan fingerprint density at radius 3 is 2.60 bits per heavy atom. The monoisotopic (exact) mass is 200 g/mol. The SMILES string of the molecule is c1ccc(-c2nnc(C3CCN3)[nH]2)cc1. The van der Waals surface area contributed by atoms with Crippen molar-refractivity contribution in [1.82, 2.24) is 20.5 Å². The predicted octanol–water partition coefficient (Wildman–Crippen LogP) is 1.51. The van der Waals surface area contributed by atoms with Crippen LogP contribution < -0.4 is 5.32 Å². The highest BCUT2D eigenvalue weighted by molar-refractivity contribution is 5.53. The lowest BCUT2D eigenvalue weighted by molar-refractivity contribution is 0.367. The minimum Gasteiger partial charge on any atom is -0.324 e. The Morgan fingerprint density at radius 1 is 1.13 bits per heavy atom. The summed E-state index contributed by atoms with van der Waals surface area (Å²) in [4.78, 5) is 3.25. The van der Waals surface area contributed by atoms with Crippen molar-refractivity contribution < 1.29 is 0 Å². The average Bonchev–Trinajstić information content (AvgIpc) is 2.66. The van der Waals surface area contributed by atoms with E-state index in [9.17, 15) is 0 Å². The molecular weight excluding hydrogens is 188 g/mol. The first-order valence-electron chi connectivity index (χ1n) is 5.15. The molecule has 4 heteroatoms. The molecule has 1 aromatic heterocycles. The van der Waals surface area contributed by atoms with Gasteiger partial charge in [-0.2, -0.15) is 0 Å². The largest absolute Gasteiger partial charge is 0.324 e. The van der Waals surface area contributed by atoms with Crippen LogP contribution in [0.4, 0.5) is 0 Å². The van der Waals surface area contributed by atoms with E-state index in [1.54, 1.807) is 0 Å². The zero-order valence-corrected chi connectivity index (χ0v) is 8.27. The summed E-state index contributed by atoms with van der Waals surface area (Å²) in [6.07, 6.45) is 1.14. The van der Waals surface area contributed by atoms with E-state index < -0.39 is 0 Å². The van der Waals surface area contributed by atoms with Gasteiger partial charge in [-0.1, -0.05) is 30.3 Å².